The van der Waals surface area contributed by atoms with Crippen LogP contribution in [0.5, 0.6) is 0 Å². The molecule has 90 valence electrons. The number of nitrogens with zero attached hydrogens (tertiary/aromatic N) is 3. The van der Waals surface area contributed by atoms with Gasteiger partial charge in [0.15, 0.2) is 11.0 Å². The molecule has 5 nitrogen and oxygen atoms in total. The molecule has 0 saturated heterocycles. The van der Waals surface area contributed by atoms with Crippen molar-refractivity contribution >= 4 is 27.7 Å². The van der Waals surface area contributed by atoms with Crippen LogP contribution in [-0.2, 0) is 6.54 Å². The first-order chi connectivity index (χ1) is 8.11. The van der Waals surface area contributed by atoms with E-state index in [2.05, 4.69) is 31.1 Å². The first-order valence-electron chi connectivity index (χ1n) is 4.76. The van der Waals surface area contributed by atoms with E-state index in [-0.39, 0.29) is 10.7 Å². The summed E-state index contributed by atoms with van der Waals surface area (Å²) in [7, 11) is 0. The Labute approximate surface area is 109 Å². The zero-order chi connectivity index (χ0) is 12.4. The molecule has 2 aromatic rings. The standard InChI is InChI=1S/C9H8BrFN4OS/c1-2-15-8(16)13-14-9(15)17-7-6(11)3-5(10)4-12-7/h3-4H,2H2,1H3,(H,13,16). The lowest BCUT2D eigenvalue weighted by Crippen LogP contribution is -2.16. The van der Waals surface area contributed by atoms with Crippen molar-refractivity contribution in [3.8, 4) is 0 Å². The predicted octanol–water partition coefficient (Wildman–Crippen LogP) is 2.04. The van der Waals surface area contributed by atoms with E-state index in [1.807, 2.05) is 6.92 Å². The zero-order valence-corrected chi connectivity index (χ0v) is 11.2. The van der Waals surface area contributed by atoms with Crippen molar-refractivity contribution in [3.05, 3.63) is 33.0 Å². The highest BCUT2D eigenvalue weighted by molar-refractivity contribution is 9.10. The molecule has 0 aliphatic rings. The monoisotopic (exact) mass is 318 g/mol. The summed E-state index contributed by atoms with van der Waals surface area (Å²) in [6, 6.07) is 1.32. The van der Waals surface area contributed by atoms with Crippen LogP contribution in [0.15, 0.2) is 31.7 Å². The maximum Gasteiger partial charge on any atom is 0.343 e. The van der Waals surface area contributed by atoms with Gasteiger partial charge in [0.25, 0.3) is 0 Å². The number of H-pyrrole nitrogens is 1. The smallest absolute Gasteiger partial charge is 0.270 e. The minimum Gasteiger partial charge on any atom is -0.270 e. The third kappa shape index (κ3) is 2.58. The normalized spacial score (nSPS) is 10.8. The van der Waals surface area contributed by atoms with Gasteiger partial charge >= 0.3 is 5.69 Å². The summed E-state index contributed by atoms with van der Waals surface area (Å²) in [6.45, 7) is 2.28. The van der Waals surface area contributed by atoms with Gasteiger partial charge in [0.2, 0.25) is 0 Å². The van der Waals surface area contributed by atoms with Crippen LogP contribution >= 0.6 is 27.7 Å². The number of pyridine rings is 1. The number of aromatic amines is 1. The van der Waals surface area contributed by atoms with E-state index in [1.54, 1.807) is 0 Å². The molecule has 0 unspecified atom stereocenters. The van der Waals surface area contributed by atoms with Crippen molar-refractivity contribution in [3.63, 3.8) is 0 Å². The van der Waals surface area contributed by atoms with E-state index < -0.39 is 5.82 Å². The zero-order valence-electron chi connectivity index (χ0n) is 8.78. The average molecular weight is 319 g/mol. The topological polar surface area (TPSA) is 63.6 Å². The highest BCUT2D eigenvalue weighted by Crippen LogP contribution is 2.26. The Hall–Kier alpha value is -1.15. The van der Waals surface area contributed by atoms with Crippen LogP contribution in [0.1, 0.15) is 6.92 Å². The first kappa shape index (κ1) is 12.3. The van der Waals surface area contributed by atoms with Gasteiger partial charge in [0.05, 0.1) is 0 Å². The lowest BCUT2D eigenvalue weighted by molar-refractivity contribution is 0.584. The number of halogens is 2. The molecule has 0 fully saturated rings. The van der Waals surface area contributed by atoms with Crippen LogP contribution < -0.4 is 5.69 Å². The second-order valence-electron chi connectivity index (χ2n) is 3.10. The van der Waals surface area contributed by atoms with Crippen LogP contribution in [0.4, 0.5) is 4.39 Å². The van der Waals surface area contributed by atoms with Crippen molar-refractivity contribution < 1.29 is 4.39 Å². The minimum absolute atomic E-state index is 0.182. The van der Waals surface area contributed by atoms with Crippen LogP contribution in [0, 0.1) is 5.82 Å². The average Bonchev–Trinajstić information content (AvgIpc) is 2.63. The van der Waals surface area contributed by atoms with Gasteiger partial charge in [-0.25, -0.2) is 19.3 Å². The Morgan fingerprint density at radius 3 is 3.06 bits per heavy atom. The summed E-state index contributed by atoms with van der Waals surface area (Å²) >= 11 is 4.13. The van der Waals surface area contributed by atoms with Crippen molar-refractivity contribution in [1.29, 1.82) is 0 Å². The van der Waals surface area contributed by atoms with Crippen LogP contribution in [0.2, 0.25) is 0 Å². The van der Waals surface area contributed by atoms with E-state index in [4.69, 9.17) is 0 Å². The fraction of sp³-hybridized carbons (Fsp3) is 0.222. The van der Waals surface area contributed by atoms with E-state index in [0.29, 0.717) is 16.2 Å². The third-order valence-electron chi connectivity index (χ3n) is 2.00. The Kier molecular flexibility index (Phi) is 3.63. The molecule has 2 rings (SSSR count). The second kappa shape index (κ2) is 5.01. The summed E-state index contributed by atoms with van der Waals surface area (Å²) < 4.78 is 15.5. The predicted molar refractivity (Wildman–Crippen MR) is 64.5 cm³/mol. The van der Waals surface area contributed by atoms with Crippen molar-refractivity contribution in [1.82, 2.24) is 19.7 Å². The fourth-order valence-corrected chi connectivity index (χ4v) is 2.38. The van der Waals surface area contributed by atoms with Crippen molar-refractivity contribution in [2.24, 2.45) is 0 Å². The van der Waals surface area contributed by atoms with Gasteiger partial charge in [0, 0.05) is 17.2 Å². The maximum absolute atomic E-state index is 13.5. The van der Waals surface area contributed by atoms with Gasteiger partial charge in [-0.1, -0.05) is 0 Å². The molecule has 17 heavy (non-hydrogen) atoms. The molecule has 0 aromatic carbocycles. The molecule has 0 bridgehead atoms. The quantitative estimate of drug-likeness (QED) is 0.940. The lowest BCUT2D eigenvalue weighted by Gasteiger charge is -2.02. The number of aromatic nitrogens is 4. The first-order valence-corrected chi connectivity index (χ1v) is 6.37. The van der Waals surface area contributed by atoms with Gasteiger partial charge in [-0.3, -0.25) is 4.57 Å². The molecule has 0 aliphatic heterocycles. The summed E-state index contributed by atoms with van der Waals surface area (Å²) in [4.78, 5) is 15.2. The largest absolute Gasteiger partial charge is 0.343 e. The number of hydrogen-bond donors (Lipinski definition) is 1. The SMILES string of the molecule is CCn1c(Sc2ncc(Br)cc2F)n[nH]c1=O. The van der Waals surface area contributed by atoms with Crippen molar-refractivity contribution in [2.75, 3.05) is 0 Å². The Morgan fingerprint density at radius 2 is 2.41 bits per heavy atom. The Balaban J connectivity index is 2.34. The second-order valence-corrected chi connectivity index (χ2v) is 4.97. The molecule has 0 spiro atoms. The summed E-state index contributed by atoms with van der Waals surface area (Å²) in [5.41, 5.74) is -0.312. The molecule has 2 aromatic heterocycles. The van der Waals surface area contributed by atoms with Gasteiger partial charge in [-0.2, -0.15) is 0 Å². The van der Waals surface area contributed by atoms with Crippen LogP contribution in [0.25, 0.3) is 0 Å². The minimum atomic E-state index is -0.456. The summed E-state index contributed by atoms with van der Waals surface area (Å²) in [6.07, 6.45) is 1.49. The Bertz CT molecular complexity index is 597. The highest BCUT2D eigenvalue weighted by atomic mass is 79.9. The van der Waals surface area contributed by atoms with Gasteiger partial charge in [0.1, 0.15) is 5.03 Å². The van der Waals surface area contributed by atoms with E-state index >= 15 is 0 Å². The number of nitrogens with one attached hydrogen (secondary N) is 1. The molecule has 0 atom stereocenters. The third-order valence-corrected chi connectivity index (χ3v) is 3.42. The molecule has 8 heteroatoms. The van der Waals surface area contributed by atoms with Crippen molar-refractivity contribution in [2.45, 2.75) is 23.7 Å². The van der Waals surface area contributed by atoms with Crippen LogP contribution in [0.3, 0.4) is 0 Å². The molecule has 0 saturated carbocycles. The van der Waals surface area contributed by atoms with E-state index in [9.17, 15) is 9.18 Å². The molecule has 1 N–H and O–H groups in total. The molecular weight excluding hydrogens is 311 g/mol. The number of hydrogen-bond acceptors (Lipinski definition) is 4. The molecule has 0 amide bonds. The van der Waals surface area contributed by atoms with E-state index in [0.717, 1.165) is 11.8 Å². The molecular formula is C9H8BrFN4OS. The van der Waals surface area contributed by atoms with Gasteiger partial charge in [-0.15, -0.1) is 5.10 Å². The van der Waals surface area contributed by atoms with Gasteiger partial charge in [-0.05, 0) is 40.7 Å². The highest BCUT2D eigenvalue weighted by Gasteiger charge is 2.12. The fourth-order valence-electron chi connectivity index (χ4n) is 1.22. The summed E-state index contributed by atoms with van der Waals surface area (Å²) in [5, 5.41) is 6.71. The maximum atomic E-state index is 13.5. The lowest BCUT2D eigenvalue weighted by atomic mass is 10.5. The van der Waals surface area contributed by atoms with Crippen LogP contribution in [-0.4, -0.2) is 19.7 Å². The Morgan fingerprint density at radius 1 is 1.65 bits per heavy atom. The molecule has 0 aliphatic carbocycles. The van der Waals surface area contributed by atoms with E-state index in [1.165, 1.54) is 16.8 Å². The number of rotatable bonds is 3. The molecule has 2 heterocycles. The van der Waals surface area contributed by atoms with Gasteiger partial charge < -0.3 is 0 Å². The summed E-state index contributed by atoms with van der Waals surface area (Å²) in [5.74, 6) is -0.456. The molecule has 0 radical (unpaired) electrons.